The Morgan fingerprint density at radius 2 is 2.17 bits per heavy atom. The van der Waals surface area contributed by atoms with E-state index in [1.54, 1.807) is 17.8 Å². The Balaban J connectivity index is 2.75. The largest absolute Gasteiger partial charge is 0.507 e. The van der Waals surface area contributed by atoms with Crippen LogP contribution < -0.4 is 0 Å². The van der Waals surface area contributed by atoms with Gasteiger partial charge in [0, 0.05) is 10.1 Å². The molecule has 0 heterocycles. The predicted octanol–water partition coefficient (Wildman–Crippen LogP) is 3.06. The van der Waals surface area contributed by atoms with Gasteiger partial charge in [0.05, 0.1) is 0 Å². The smallest absolute Gasteiger partial charge is 0.129 e. The summed E-state index contributed by atoms with van der Waals surface area (Å²) in [6.07, 6.45) is 1.86. The monoisotopic (exact) mass is 180 g/mol. The van der Waals surface area contributed by atoms with Crippen molar-refractivity contribution in [3.05, 3.63) is 36.9 Å². The lowest BCUT2D eigenvalue weighted by Gasteiger charge is -2.06. The number of hydrogen-bond acceptors (Lipinski definition) is 2. The average molecular weight is 180 g/mol. The molecule has 1 rings (SSSR count). The summed E-state index contributed by atoms with van der Waals surface area (Å²) < 4.78 is 0. The summed E-state index contributed by atoms with van der Waals surface area (Å²) in [5, 5.41) is 9.73. The van der Waals surface area contributed by atoms with Crippen molar-refractivity contribution in [1.29, 1.82) is 0 Å². The van der Waals surface area contributed by atoms with Crippen LogP contribution in [0, 0.1) is 0 Å². The number of para-hydroxylation sites is 1. The van der Waals surface area contributed by atoms with Crippen LogP contribution in [0.1, 0.15) is 6.92 Å². The normalized spacial score (nSPS) is 12.4. The van der Waals surface area contributed by atoms with Gasteiger partial charge >= 0.3 is 0 Å². The molecule has 0 aromatic heterocycles. The lowest BCUT2D eigenvalue weighted by atomic mass is 10.3. The molecular weight excluding hydrogens is 168 g/mol. The van der Waals surface area contributed by atoms with Gasteiger partial charge < -0.3 is 5.11 Å². The second-order valence-corrected chi connectivity index (χ2v) is 3.95. The van der Waals surface area contributed by atoms with Crippen LogP contribution in [0.4, 0.5) is 0 Å². The van der Waals surface area contributed by atoms with Gasteiger partial charge in [-0.3, -0.25) is 0 Å². The van der Waals surface area contributed by atoms with Gasteiger partial charge in [-0.15, -0.1) is 18.3 Å². The predicted molar refractivity (Wildman–Crippen MR) is 53.6 cm³/mol. The van der Waals surface area contributed by atoms with Crippen molar-refractivity contribution in [2.45, 2.75) is 17.1 Å². The molecule has 1 aromatic rings. The second kappa shape index (κ2) is 4.21. The van der Waals surface area contributed by atoms with Crippen LogP contribution in [0.3, 0.4) is 0 Å². The molecule has 0 aliphatic heterocycles. The third-order valence-electron chi connectivity index (χ3n) is 1.51. The summed E-state index contributed by atoms with van der Waals surface area (Å²) in [5.74, 6) is 0.344. The van der Waals surface area contributed by atoms with E-state index < -0.39 is 0 Å². The minimum atomic E-state index is 0.332. The number of benzene rings is 1. The SMILES string of the molecule is C=CC(C)Sc1ccccc1O. The maximum Gasteiger partial charge on any atom is 0.129 e. The quantitative estimate of drug-likeness (QED) is 0.570. The van der Waals surface area contributed by atoms with Crippen molar-refractivity contribution in [2.24, 2.45) is 0 Å². The molecule has 0 radical (unpaired) electrons. The minimum Gasteiger partial charge on any atom is -0.507 e. The highest BCUT2D eigenvalue weighted by Crippen LogP contribution is 2.30. The summed E-state index contributed by atoms with van der Waals surface area (Å²) in [5.41, 5.74) is 0. The van der Waals surface area contributed by atoms with Crippen molar-refractivity contribution in [1.82, 2.24) is 0 Å². The molecule has 1 atom stereocenters. The Morgan fingerprint density at radius 3 is 2.75 bits per heavy atom. The van der Waals surface area contributed by atoms with Crippen molar-refractivity contribution < 1.29 is 5.11 Å². The van der Waals surface area contributed by atoms with Crippen molar-refractivity contribution >= 4 is 11.8 Å². The zero-order chi connectivity index (χ0) is 8.97. The van der Waals surface area contributed by atoms with E-state index in [0.29, 0.717) is 11.0 Å². The van der Waals surface area contributed by atoms with E-state index in [0.717, 1.165) is 4.90 Å². The third-order valence-corrected chi connectivity index (χ3v) is 2.67. The topological polar surface area (TPSA) is 20.2 Å². The Labute approximate surface area is 77.1 Å². The fourth-order valence-electron chi connectivity index (χ4n) is 0.805. The van der Waals surface area contributed by atoms with Crippen LogP contribution in [0.15, 0.2) is 41.8 Å². The highest BCUT2D eigenvalue weighted by molar-refractivity contribution is 8.00. The van der Waals surface area contributed by atoms with Gasteiger partial charge in [0.15, 0.2) is 0 Å². The number of aromatic hydroxyl groups is 1. The standard InChI is InChI=1S/C10H12OS/c1-3-8(2)12-10-7-5-4-6-9(10)11/h3-8,11H,1H2,2H3. The first-order valence-electron chi connectivity index (χ1n) is 3.81. The van der Waals surface area contributed by atoms with E-state index in [4.69, 9.17) is 0 Å². The molecule has 0 saturated heterocycles. The summed E-state index contributed by atoms with van der Waals surface area (Å²) in [4.78, 5) is 0.907. The second-order valence-electron chi connectivity index (χ2n) is 2.53. The van der Waals surface area contributed by atoms with E-state index in [1.807, 2.05) is 31.2 Å². The zero-order valence-electron chi connectivity index (χ0n) is 7.03. The summed E-state index contributed by atoms with van der Waals surface area (Å²) in [6, 6.07) is 7.33. The van der Waals surface area contributed by atoms with Crippen LogP contribution >= 0.6 is 11.8 Å². The van der Waals surface area contributed by atoms with E-state index in [1.165, 1.54) is 0 Å². The molecule has 1 N–H and O–H groups in total. The highest BCUT2D eigenvalue weighted by atomic mass is 32.2. The number of hydrogen-bond donors (Lipinski definition) is 1. The Hall–Kier alpha value is -0.890. The lowest BCUT2D eigenvalue weighted by molar-refractivity contribution is 0.462. The van der Waals surface area contributed by atoms with Crippen LogP contribution in [0.5, 0.6) is 5.75 Å². The molecule has 0 amide bonds. The Kier molecular flexibility index (Phi) is 3.23. The minimum absolute atomic E-state index is 0.332. The molecule has 0 bridgehead atoms. The molecule has 1 nitrogen and oxygen atoms in total. The van der Waals surface area contributed by atoms with Crippen LogP contribution in [0.2, 0.25) is 0 Å². The molecule has 0 aliphatic carbocycles. The van der Waals surface area contributed by atoms with Gasteiger partial charge in [-0.25, -0.2) is 0 Å². The molecule has 0 aliphatic rings. The first-order chi connectivity index (χ1) is 5.74. The van der Waals surface area contributed by atoms with E-state index in [-0.39, 0.29) is 0 Å². The Morgan fingerprint density at radius 1 is 1.50 bits per heavy atom. The van der Waals surface area contributed by atoms with E-state index in [9.17, 15) is 5.11 Å². The van der Waals surface area contributed by atoms with E-state index >= 15 is 0 Å². The number of phenolic OH excluding ortho intramolecular Hbond substituents is 1. The number of thioether (sulfide) groups is 1. The third kappa shape index (κ3) is 2.31. The summed E-state index contributed by atoms with van der Waals surface area (Å²) in [6.45, 7) is 5.73. The fourth-order valence-corrected chi connectivity index (χ4v) is 1.65. The molecule has 0 fully saturated rings. The first-order valence-corrected chi connectivity index (χ1v) is 4.69. The molecule has 0 spiro atoms. The average Bonchev–Trinajstić information content (AvgIpc) is 2.09. The van der Waals surface area contributed by atoms with Gasteiger partial charge in [0.1, 0.15) is 5.75 Å². The van der Waals surface area contributed by atoms with Gasteiger partial charge in [0.25, 0.3) is 0 Å². The van der Waals surface area contributed by atoms with Crippen LogP contribution in [0.25, 0.3) is 0 Å². The molecule has 2 heteroatoms. The summed E-state index contributed by atoms with van der Waals surface area (Å²) in [7, 11) is 0. The lowest BCUT2D eigenvalue weighted by Crippen LogP contribution is -1.87. The molecule has 1 unspecified atom stereocenters. The van der Waals surface area contributed by atoms with Crippen LogP contribution in [-0.4, -0.2) is 10.4 Å². The van der Waals surface area contributed by atoms with Gasteiger partial charge in [0.2, 0.25) is 0 Å². The van der Waals surface area contributed by atoms with Crippen molar-refractivity contribution in [2.75, 3.05) is 0 Å². The molecule has 64 valence electrons. The van der Waals surface area contributed by atoms with E-state index in [2.05, 4.69) is 6.58 Å². The molecular formula is C10H12OS. The fraction of sp³-hybridized carbons (Fsp3) is 0.200. The molecule has 0 saturated carbocycles. The number of rotatable bonds is 3. The maximum absolute atomic E-state index is 9.40. The highest BCUT2D eigenvalue weighted by Gasteiger charge is 2.03. The number of phenols is 1. The maximum atomic E-state index is 9.40. The van der Waals surface area contributed by atoms with Crippen LogP contribution in [-0.2, 0) is 0 Å². The summed E-state index contributed by atoms with van der Waals surface area (Å²) >= 11 is 1.60. The molecule has 12 heavy (non-hydrogen) atoms. The van der Waals surface area contributed by atoms with Crippen molar-refractivity contribution in [3.63, 3.8) is 0 Å². The first kappa shape index (κ1) is 9.20. The van der Waals surface area contributed by atoms with Gasteiger partial charge in [-0.2, -0.15) is 0 Å². The Bertz CT molecular complexity index is 270. The molecule has 1 aromatic carbocycles. The van der Waals surface area contributed by atoms with Gasteiger partial charge in [-0.1, -0.05) is 18.2 Å². The zero-order valence-corrected chi connectivity index (χ0v) is 7.84. The van der Waals surface area contributed by atoms with Gasteiger partial charge in [-0.05, 0) is 19.1 Å². The van der Waals surface area contributed by atoms with Crippen molar-refractivity contribution in [3.8, 4) is 5.75 Å².